The monoisotopic (exact) mass is 184 g/mol. The minimum atomic E-state index is 1.14. The molecular weight excluding hydrogens is 160 g/mol. The van der Waals surface area contributed by atoms with Crippen LogP contribution in [0.2, 0.25) is 0 Å². The van der Waals surface area contributed by atoms with Gasteiger partial charge in [0.15, 0.2) is 0 Å². The predicted octanol–water partition coefficient (Wildman–Crippen LogP) is 3.43. The Morgan fingerprint density at radius 1 is 1.23 bits per heavy atom. The molecule has 0 unspecified atom stereocenters. The summed E-state index contributed by atoms with van der Waals surface area (Å²) in [6.07, 6.45) is 4.17. The third kappa shape index (κ3) is 6.38. The molecule has 0 aliphatic carbocycles. The number of rotatable bonds is 2. The quantitative estimate of drug-likeness (QED) is 0.688. The second-order valence-electron chi connectivity index (χ2n) is 2.20. The zero-order valence-corrected chi connectivity index (χ0v) is 9.96. The molecule has 0 atom stereocenters. The molecule has 0 radical (unpaired) electrons. The molecule has 78 valence electrons. The van der Waals surface area contributed by atoms with Crippen LogP contribution in [0.3, 0.4) is 0 Å². The van der Waals surface area contributed by atoms with E-state index in [0.717, 1.165) is 6.42 Å². The highest BCUT2D eigenvalue weighted by Gasteiger charge is 1.93. The van der Waals surface area contributed by atoms with Crippen LogP contribution in [0, 0.1) is 0 Å². The molecule has 0 saturated carbocycles. The number of aryl methyl sites for hydroxylation is 2. The Morgan fingerprint density at radius 3 is 2.08 bits per heavy atom. The zero-order valence-electron chi connectivity index (χ0n) is 9.96. The lowest BCUT2D eigenvalue weighted by Gasteiger charge is -1.96. The molecule has 0 saturated heterocycles. The highest BCUT2D eigenvalue weighted by molar-refractivity contribution is 4.99. The van der Waals surface area contributed by atoms with Gasteiger partial charge in [0.2, 0.25) is 0 Å². The summed E-state index contributed by atoms with van der Waals surface area (Å²) < 4.78 is 1.92. The second kappa shape index (κ2) is 11.2. The molecule has 0 spiro atoms. The summed E-state index contributed by atoms with van der Waals surface area (Å²) in [7, 11) is 1.98. The van der Waals surface area contributed by atoms with Gasteiger partial charge < -0.3 is 0 Å². The van der Waals surface area contributed by atoms with Crippen molar-refractivity contribution in [3.05, 3.63) is 18.0 Å². The summed E-state index contributed by atoms with van der Waals surface area (Å²) in [6.45, 7) is 10.2. The fraction of sp³-hybridized carbons (Fsp3) is 0.727. The van der Waals surface area contributed by atoms with E-state index in [-0.39, 0.29) is 0 Å². The van der Waals surface area contributed by atoms with E-state index in [1.54, 1.807) is 0 Å². The predicted molar refractivity (Wildman–Crippen MR) is 59.9 cm³/mol. The summed E-state index contributed by atoms with van der Waals surface area (Å²) in [6, 6.07) is 2.06. The Bertz CT molecular complexity index is 180. The Hall–Kier alpha value is -0.790. The molecule has 13 heavy (non-hydrogen) atoms. The fourth-order valence-corrected chi connectivity index (χ4v) is 0.903. The summed E-state index contributed by atoms with van der Waals surface area (Å²) in [5, 5.41) is 4.05. The van der Waals surface area contributed by atoms with E-state index in [0.29, 0.717) is 0 Å². The van der Waals surface area contributed by atoms with Gasteiger partial charge in [-0.3, -0.25) is 4.68 Å². The first kappa shape index (κ1) is 14.7. The lowest BCUT2D eigenvalue weighted by atomic mass is 10.2. The van der Waals surface area contributed by atoms with E-state index >= 15 is 0 Å². The van der Waals surface area contributed by atoms with Crippen LogP contribution in [-0.4, -0.2) is 9.78 Å². The van der Waals surface area contributed by atoms with Crippen LogP contribution in [0.5, 0.6) is 0 Å². The molecule has 1 heterocycles. The maximum atomic E-state index is 4.05. The molecule has 0 fully saturated rings. The number of hydrogen-bond acceptors (Lipinski definition) is 1. The van der Waals surface area contributed by atoms with Crippen molar-refractivity contribution in [2.75, 3.05) is 0 Å². The largest absolute Gasteiger partial charge is 0.273 e. The highest BCUT2D eigenvalue weighted by atomic mass is 15.2. The fourth-order valence-electron chi connectivity index (χ4n) is 0.903. The molecule has 0 aliphatic heterocycles. The van der Waals surface area contributed by atoms with E-state index < -0.39 is 0 Å². The molecule has 0 amide bonds. The third-order valence-corrected chi connectivity index (χ3v) is 1.43. The van der Waals surface area contributed by atoms with Crippen molar-refractivity contribution >= 4 is 0 Å². The number of aromatic nitrogens is 2. The van der Waals surface area contributed by atoms with Crippen molar-refractivity contribution in [3.8, 4) is 0 Å². The molecular formula is C11H24N2. The summed E-state index contributed by atoms with van der Waals surface area (Å²) in [5.41, 5.74) is 1.32. The molecule has 1 aromatic heterocycles. The summed E-state index contributed by atoms with van der Waals surface area (Å²) >= 11 is 0. The van der Waals surface area contributed by atoms with Gasteiger partial charge in [-0.2, -0.15) is 5.10 Å². The lowest BCUT2D eigenvalue weighted by molar-refractivity contribution is 0.698. The van der Waals surface area contributed by atoms with Crippen LogP contribution < -0.4 is 0 Å². The van der Waals surface area contributed by atoms with Gasteiger partial charge in [0.05, 0.1) is 0 Å². The van der Waals surface area contributed by atoms with Crippen LogP contribution >= 0.6 is 0 Å². The van der Waals surface area contributed by atoms with Gasteiger partial charge >= 0.3 is 0 Å². The van der Waals surface area contributed by atoms with Crippen LogP contribution in [0.1, 0.15) is 46.7 Å². The topological polar surface area (TPSA) is 17.8 Å². The molecule has 0 N–H and O–H groups in total. The second-order valence-corrected chi connectivity index (χ2v) is 2.20. The van der Waals surface area contributed by atoms with Gasteiger partial charge in [-0.15, -0.1) is 0 Å². The van der Waals surface area contributed by atoms with Gasteiger partial charge in [-0.1, -0.05) is 41.0 Å². The van der Waals surface area contributed by atoms with Gasteiger partial charge in [0, 0.05) is 18.9 Å². The van der Waals surface area contributed by atoms with Crippen molar-refractivity contribution in [2.24, 2.45) is 7.05 Å². The van der Waals surface area contributed by atoms with E-state index in [9.17, 15) is 0 Å². The van der Waals surface area contributed by atoms with Gasteiger partial charge in [-0.05, 0) is 12.5 Å². The van der Waals surface area contributed by atoms with Crippen molar-refractivity contribution in [3.63, 3.8) is 0 Å². The number of hydrogen-bond donors (Lipinski definition) is 0. The summed E-state index contributed by atoms with van der Waals surface area (Å²) in [5.74, 6) is 0. The molecule has 0 aliphatic rings. The Balaban J connectivity index is 0. The average Bonchev–Trinajstić information content (AvgIpc) is 2.60. The van der Waals surface area contributed by atoms with Crippen molar-refractivity contribution in [1.29, 1.82) is 0 Å². The van der Waals surface area contributed by atoms with Crippen LogP contribution in [-0.2, 0) is 13.5 Å². The Morgan fingerprint density at radius 2 is 1.77 bits per heavy atom. The molecule has 2 heteroatoms. The Labute approximate surface area is 83.0 Å². The highest BCUT2D eigenvalue weighted by Crippen LogP contribution is 1.98. The smallest absolute Gasteiger partial charge is 0.0492 e. The van der Waals surface area contributed by atoms with Crippen molar-refractivity contribution in [1.82, 2.24) is 9.78 Å². The van der Waals surface area contributed by atoms with Gasteiger partial charge in [0.1, 0.15) is 0 Å². The van der Waals surface area contributed by atoms with E-state index in [4.69, 9.17) is 0 Å². The maximum absolute atomic E-state index is 4.05. The zero-order chi connectivity index (χ0) is 10.7. The van der Waals surface area contributed by atoms with E-state index in [2.05, 4.69) is 18.1 Å². The number of nitrogens with zero attached hydrogens (tertiary/aromatic N) is 2. The Kier molecular flexibility index (Phi) is 12.7. The maximum Gasteiger partial charge on any atom is 0.0492 e. The summed E-state index contributed by atoms with van der Waals surface area (Å²) in [4.78, 5) is 0. The minimum absolute atomic E-state index is 1.14. The van der Waals surface area contributed by atoms with E-state index in [1.165, 1.54) is 12.1 Å². The first-order valence-electron chi connectivity index (χ1n) is 5.31. The molecule has 0 aromatic carbocycles. The molecule has 0 bridgehead atoms. The third-order valence-electron chi connectivity index (χ3n) is 1.43. The molecule has 1 rings (SSSR count). The first-order chi connectivity index (χ1) is 6.34. The molecule has 1 aromatic rings. The normalized spacial score (nSPS) is 7.85. The molecule has 2 nitrogen and oxygen atoms in total. The van der Waals surface area contributed by atoms with Gasteiger partial charge in [0.25, 0.3) is 0 Å². The van der Waals surface area contributed by atoms with Crippen LogP contribution in [0.25, 0.3) is 0 Å². The SMILES string of the molecule is CC.CC.CCCc1ccnn1C. The standard InChI is InChI=1S/C7H12N2.2C2H6/c1-3-4-7-5-6-8-9(7)2;2*1-2/h5-6H,3-4H2,1-2H3;2*1-2H3. The van der Waals surface area contributed by atoms with E-state index in [1.807, 2.05) is 45.6 Å². The van der Waals surface area contributed by atoms with Crippen LogP contribution in [0.15, 0.2) is 12.3 Å². The first-order valence-corrected chi connectivity index (χ1v) is 5.31. The van der Waals surface area contributed by atoms with Crippen molar-refractivity contribution < 1.29 is 0 Å². The minimum Gasteiger partial charge on any atom is -0.273 e. The van der Waals surface area contributed by atoms with Crippen LogP contribution in [0.4, 0.5) is 0 Å². The lowest BCUT2D eigenvalue weighted by Crippen LogP contribution is -1.96. The van der Waals surface area contributed by atoms with Crippen molar-refractivity contribution in [2.45, 2.75) is 47.5 Å². The average molecular weight is 184 g/mol. The van der Waals surface area contributed by atoms with Gasteiger partial charge in [-0.25, -0.2) is 0 Å².